The maximum atomic E-state index is 6.75. The summed E-state index contributed by atoms with van der Waals surface area (Å²) in [6.45, 7) is 15.8. The fourth-order valence-corrected chi connectivity index (χ4v) is 8.46. The minimum atomic E-state index is -0.204. The van der Waals surface area contributed by atoms with E-state index in [1.807, 2.05) is 12.3 Å². The fraction of sp³-hybridized carbons (Fsp3) is 0.333. The van der Waals surface area contributed by atoms with Gasteiger partial charge in [0.15, 0.2) is 0 Å². The lowest BCUT2D eigenvalue weighted by atomic mass is 9.82. The Labute approximate surface area is 294 Å². The predicted octanol–water partition coefficient (Wildman–Crippen LogP) is 11.5. The van der Waals surface area contributed by atoms with Crippen molar-refractivity contribution in [3.8, 4) is 11.4 Å². The average molecular weight is 659 g/mol. The predicted molar refractivity (Wildman–Crippen MR) is 209 cm³/mol. The zero-order chi connectivity index (χ0) is 34.5. The molecule has 4 heterocycles. The van der Waals surface area contributed by atoms with Crippen molar-refractivity contribution < 1.29 is 4.74 Å². The number of aromatic nitrogens is 3. The molecular formula is C45H46N4O. The number of aliphatic imine (C=N–C) groups is 1. The Morgan fingerprint density at radius 2 is 1.58 bits per heavy atom. The second-order valence-corrected chi connectivity index (χ2v) is 16.3. The van der Waals surface area contributed by atoms with E-state index in [4.69, 9.17) is 14.7 Å². The molecule has 2 atom stereocenters. The van der Waals surface area contributed by atoms with Gasteiger partial charge in [-0.25, -0.2) is 9.98 Å². The summed E-state index contributed by atoms with van der Waals surface area (Å²) < 4.78 is 11.5. The van der Waals surface area contributed by atoms with Gasteiger partial charge in [0, 0.05) is 44.7 Å². The number of hydrogen-bond acceptors (Lipinski definition) is 3. The molecule has 1 fully saturated rings. The molecule has 5 nitrogen and oxygen atoms in total. The molecule has 0 spiro atoms. The van der Waals surface area contributed by atoms with E-state index >= 15 is 0 Å². The molecule has 0 saturated heterocycles. The van der Waals surface area contributed by atoms with Gasteiger partial charge in [-0.2, -0.15) is 0 Å². The first-order valence-corrected chi connectivity index (χ1v) is 18.4. The molecule has 50 heavy (non-hydrogen) atoms. The van der Waals surface area contributed by atoms with Crippen molar-refractivity contribution >= 4 is 49.6 Å². The molecule has 0 unspecified atom stereocenters. The Morgan fingerprint density at radius 3 is 2.38 bits per heavy atom. The van der Waals surface area contributed by atoms with Gasteiger partial charge in [0.2, 0.25) is 5.90 Å². The van der Waals surface area contributed by atoms with Crippen LogP contribution in [0.4, 0.5) is 0 Å². The van der Waals surface area contributed by atoms with Crippen LogP contribution in [0.3, 0.4) is 0 Å². The lowest BCUT2D eigenvalue weighted by Crippen LogP contribution is -2.39. The van der Waals surface area contributed by atoms with Crippen molar-refractivity contribution in [2.24, 2.45) is 4.99 Å². The number of nitrogens with zero attached hydrogens (tertiary/aromatic N) is 4. The van der Waals surface area contributed by atoms with Gasteiger partial charge in [-0.1, -0.05) is 64.8 Å². The zero-order valence-corrected chi connectivity index (χ0v) is 30.3. The van der Waals surface area contributed by atoms with E-state index in [0.29, 0.717) is 5.92 Å². The molecule has 0 N–H and O–H groups in total. The van der Waals surface area contributed by atoms with Crippen LogP contribution >= 0.6 is 0 Å². The average Bonchev–Trinajstić information content (AvgIpc) is 3.74. The van der Waals surface area contributed by atoms with Crippen LogP contribution in [0.25, 0.3) is 55.1 Å². The molecular weight excluding hydrogens is 613 g/mol. The van der Waals surface area contributed by atoms with Crippen LogP contribution in [0.15, 0.2) is 96.1 Å². The van der Waals surface area contributed by atoms with Gasteiger partial charge < -0.3 is 9.30 Å². The summed E-state index contributed by atoms with van der Waals surface area (Å²) in [7, 11) is 0. The van der Waals surface area contributed by atoms with E-state index in [9.17, 15) is 0 Å². The lowest BCUT2D eigenvalue weighted by Gasteiger charge is -2.33. The molecule has 0 amide bonds. The highest BCUT2D eigenvalue weighted by Gasteiger charge is 2.44. The summed E-state index contributed by atoms with van der Waals surface area (Å²) in [5, 5.41) is 4.90. The summed E-state index contributed by atoms with van der Waals surface area (Å²) in [4.78, 5) is 10.2. The Morgan fingerprint density at radius 1 is 0.780 bits per heavy atom. The number of benzene rings is 4. The SMILES string of the molecule is Cc1ccc2c(c1)c1ccc(-n3c4ccc(C(C)(C)C)cc4c4cccnc43)cc1n2-c1cc(C2=N[C@@H]3CCCC[C@]3(C)O2)cc(C(C)C)c1. The Hall–Kier alpha value is -4.90. The van der Waals surface area contributed by atoms with Crippen LogP contribution in [0, 0.1) is 6.92 Å². The second kappa shape index (κ2) is 11.1. The smallest absolute Gasteiger partial charge is 0.217 e. The third-order valence-corrected chi connectivity index (χ3v) is 11.4. The van der Waals surface area contributed by atoms with Crippen molar-refractivity contribution in [3.63, 3.8) is 0 Å². The Balaban J connectivity index is 1.29. The van der Waals surface area contributed by atoms with Gasteiger partial charge in [-0.15, -0.1) is 0 Å². The lowest BCUT2D eigenvalue weighted by molar-refractivity contribution is 0.0447. The van der Waals surface area contributed by atoms with Gasteiger partial charge in [0.1, 0.15) is 11.2 Å². The zero-order valence-electron chi connectivity index (χ0n) is 30.3. The molecule has 1 aliphatic carbocycles. The molecule has 252 valence electrons. The van der Waals surface area contributed by atoms with E-state index < -0.39 is 0 Å². The third kappa shape index (κ3) is 4.80. The number of pyridine rings is 1. The van der Waals surface area contributed by atoms with Gasteiger partial charge in [-0.3, -0.25) is 4.57 Å². The molecule has 4 aromatic carbocycles. The topological polar surface area (TPSA) is 44.3 Å². The third-order valence-electron chi connectivity index (χ3n) is 11.4. The largest absolute Gasteiger partial charge is 0.469 e. The Kier molecular flexibility index (Phi) is 6.88. The van der Waals surface area contributed by atoms with Gasteiger partial charge in [-0.05, 0) is 122 Å². The van der Waals surface area contributed by atoms with Crippen LogP contribution in [0.2, 0.25) is 0 Å². The maximum Gasteiger partial charge on any atom is 0.217 e. The minimum Gasteiger partial charge on any atom is -0.469 e. The fourth-order valence-electron chi connectivity index (χ4n) is 8.46. The van der Waals surface area contributed by atoms with Gasteiger partial charge in [0.05, 0.1) is 22.6 Å². The molecule has 0 bridgehead atoms. The maximum absolute atomic E-state index is 6.75. The second-order valence-electron chi connectivity index (χ2n) is 16.3. The molecule has 1 saturated carbocycles. The summed E-state index contributed by atoms with van der Waals surface area (Å²) in [6, 6.07) is 32.1. The van der Waals surface area contributed by atoms with Crippen LogP contribution in [0.5, 0.6) is 0 Å². The number of hydrogen-bond donors (Lipinski definition) is 0. The summed E-state index contributed by atoms with van der Waals surface area (Å²) in [5.41, 5.74) is 11.5. The monoisotopic (exact) mass is 658 g/mol. The summed E-state index contributed by atoms with van der Waals surface area (Å²) in [6.07, 6.45) is 6.49. The van der Waals surface area contributed by atoms with Crippen molar-refractivity contribution in [1.29, 1.82) is 0 Å². The highest BCUT2D eigenvalue weighted by molar-refractivity contribution is 6.12. The van der Waals surface area contributed by atoms with Gasteiger partial charge in [0.25, 0.3) is 0 Å². The first-order valence-electron chi connectivity index (χ1n) is 18.4. The first kappa shape index (κ1) is 31.1. The van der Waals surface area contributed by atoms with Crippen LogP contribution in [-0.2, 0) is 10.2 Å². The molecule has 0 radical (unpaired) electrons. The first-order chi connectivity index (χ1) is 24.0. The number of ether oxygens (including phenoxy) is 1. The molecule has 5 heteroatoms. The van der Waals surface area contributed by atoms with Crippen molar-refractivity contribution in [1.82, 2.24) is 14.1 Å². The van der Waals surface area contributed by atoms with Crippen LogP contribution in [0.1, 0.15) is 95.4 Å². The van der Waals surface area contributed by atoms with Gasteiger partial charge >= 0.3 is 0 Å². The van der Waals surface area contributed by atoms with Crippen LogP contribution < -0.4 is 0 Å². The molecule has 7 aromatic rings. The van der Waals surface area contributed by atoms with E-state index in [1.54, 1.807) is 0 Å². The number of rotatable bonds is 4. The quantitative estimate of drug-likeness (QED) is 0.189. The standard InChI is InChI=1S/C45H46N4O/c1-27(2)29-22-30(43-47-41-12-8-9-19-45(41,7)50-43)24-33(23-29)48-38-17-13-28(3)21-36(38)34-16-15-32(26-40(34)48)49-39-18-14-31(44(4,5)6)25-37(39)35-11-10-20-46-42(35)49/h10-11,13-18,20-27,41H,8-9,12,19H2,1-7H3/t41-,45+/m1/s1. The van der Waals surface area contributed by atoms with Crippen molar-refractivity contribution in [2.45, 2.75) is 97.1 Å². The van der Waals surface area contributed by atoms with Crippen LogP contribution in [-0.4, -0.2) is 31.7 Å². The number of fused-ring (bicyclic) bond motifs is 7. The highest BCUT2D eigenvalue weighted by Crippen LogP contribution is 2.41. The van der Waals surface area contributed by atoms with E-state index in [2.05, 4.69) is 136 Å². The highest BCUT2D eigenvalue weighted by atomic mass is 16.5. The Bertz CT molecular complexity index is 2520. The summed E-state index contributed by atoms with van der Waals surface area (Å²) >= 11 is 0. The van der Waals surface area contributed by atoms with Crippen molar-refractivity contribution in [2.75, 3.05) is 0 Å². The molecule has 1 aliphatic heterocycles. The normalized spacial score (nSPS) is 19.5. The van der Waals surface area contributed by atoms with E-state index in [-0.39, 0.29) is 17.1 Å². The molecule has 9 rings (SSSR count). The molecule has 2 aliphatic rings. The number of aryl methyl sites for hydroxylation is 1. The van der Waals surface area contributed by atoms with Crippen molar-refractivity contribution in [3.05, 3.63) is 113 Å². The summed E-state index contributed by atoms with van der Waals surface area (Å²) in [5.74, 6) is 1.15. The van der Waals surface area contributed by atoms with E-state index in [1.165, 1.54) is 67.6 Å². The minimum absolute atomic E-state index is 0.0526. The molecule has 3 aromatic heterocycles. The van der Waals surface area contributed by atoms with E-state index in [0.717, 1.165) is 41.3 Å².